The van der Waals surface area contributed by atoms with Gasteiger partial charge in [-0.1, -0.05) is 6.92 Å². The van der Waals surface area contributed by atoms with Gasteiger partial charge in [0.15, 0.2) is 5.76 Å². The van der Waals surface area contributed by atoms with Gasteiger partial charge in [0.2, 0.25) is 0 Å². The Hall–Kier alpha value is -1.55. The molecule has 0 aliphatic rings. The standard InChI is InChI=1S/C12H17N3O/c1-3-4-10-7-9(8-13)12(16-10)11-5-6-14-15(11)2/h5-7H,3-4,8,13H2,1-2H3. The van der Waals surface area contributed by atoms with Crippen molar-refractivity contribution in [2.75, 3.05) is 0 Å². The number of furan rings is 1. The summed E-state index contributed by atoms with van der Waals surface area (Å²) in [6.45, 7) is 2.63. The molecule has 0 aliphatic heterocycles. The Balaban J connectivity index is 2.43. The molecule has 0 spiro atoms. The van der Waals surface area contributed by atoms with Crippen LogP contribution in [0.1, 0.15) is 24.7 Å². The first-order valence-corrected chi connectivity index (χ1v) is 5.56. The SMILES string of the molecule is CCCc1cc(CN)c(-c2ccnn2C)o1. The van der Waals surface area contributed by atoms with Crippen LogP contribution in [0, 0.1) is 0 Å². The second kappa shape index (κ2) is 4.53. The fourth-order valence-electron chi connectivity index (χ4n) is 1.82. The zero-order valence-electron chi connectivity index (χ0n) is 9.73. The van der Waals surface area contributed by atoms with Gasteiger partial charge in [0, 0.05) is 31.8 Å². The zero-order chi connectivity index (χ0) is 11.5. The molecule has 2 aromatic heterocycles. The molecule has 0 aromatic carbocycles. The summed E-state index contributed by atoms with van der Waals surface area (Å²) in [6.07, 6.45) is 3.78. The molecule has 16 heavy (non-hydrogen) atoms. The van der Waals surface area contributed by atoms with Gasteiger partial charge < -0.3 is 10.2 Å². The molecule has 0 saturated heterocycles. The Morgan fingerprint density at radius 2 is 2.31 bits per heavy atom. The topological polar surface area (TPSA) is 57.0 Å². The van der Waals surface area contributed by atoms with Crippen LogP contribution in [0.3, 0.4) is 0 Å². The van der Waals surface area contributed by atoms with Crippen molar-refractivity contribution < 1.29 is 4.42 Å². The number of hydrogen-bond acceptors (Lipinski definition) is 3. The first-order valence-electron chi connectivity index (χ1n) is 5.56. The van der Waals surface area contributed by atoms with Crippen molar-refractivity contribution in [3.8, 4) is 11.5 Å². The minimum atomic E-state index is 0.494. The second-order valence-electron chi connectivity index (χ2n) is 3.86. The highest BCUT2D eigenvalue weighted by atomic mass is 16.3. The molecule has 4 nitrogen and oxygen atoms in total. The van der Waals surface area contributed by atoms with Crippen molar-refractivity contribution in [2.24, 2.45) is 12.8 Å². The summed E-state index contributed by atoms with van der Waals surface area (Å²) in [5.41, 5.74) is 7.75. The molecule has 0 unspecified atom stereocenters. The highest BCUT2D eigenvalue weighted by Crippen LogP contribution is 2.27. The van der Waals surface area contributed by atoms with Crippen LogP contribution in [0.25, 0.3) is 11.5 Å². The lowest BCUT2D eigenvalue weighted by Gasteiger charge is -2.00. The van der Waals surface area contributed by atoms with E-state index >= 15 is 0 Å². The monoisotopic (exact) mass is 219 g/mol. The van der Waals surface area contributed by atoms with E-state index in [1.807, 2.05) is 19.2 Å². The van der Waals surface area contributed by atoms with Crippen LogP contribution < -0.4 is 5.73 Å². The Morgan fingerprint density at radius 1 is 1.50 bits per heavy atom. The average molecular weight is 219 g/mol. The van der Waals surface area contributed by atoms with Crippen molar-refractivity contribution in [1.82, 2.24) is 9.78 Å². The average Bonchev–Trinajstić information content (AvgIpc) is 2.84. The van der Waals surface area contributed by atoms with Crippen LogP contribution in [0.2, 0.25) is 0 Å². The van der Waals surface area contributed by atoms with E-state index in [0.29, 0.717) is 6.54 Å². The number of rotatable bonds is 4. The smallest absolute Gasteiger partial charge is 0.156 e. The maximum atomic E-state index is 5.83. The van der Waals surface area contributed by atoms with Crippen LogP contribution >= 0.6 is 0 Å². The fraction of sp³-hybridized carbons (Fsp3) is 0.417. The predicted octanol–water partition coefficient (Wildman–Crippen LogP) is 2.09. The van der Waals surface area contributed by atoms with Crippen LogP contribution in [0.15, 0.2) is 22.7 Å². The highest BCUT2D eigenvalue weighted by molar-refractivity contribution is 5.57. The first kappa shape index (κ1) is 11.0. The van der Waals surface area contributed by atoms with Gasteiger partial charge in [-0.25, -0.2) is 0 Å². The van der Waals surface area contributed by atoms with Crippen LogP contribution in [0.5, 0.6) is 0 Å². The Labute approximate surface area is 95.1 Å². The van der Waals surface area contributed by atoms with Crippen molar-refractivity contribution in [2.45, 2.75) is 26.3 Å². The van der Waals surface area contributed by atoms with Gasteiger partial charge in [-0.05, 0) is 18.6 Å². The Morgan fingerprint density at radius 3 is 2.88 bits per heavy atom. The van der Waals surface area contributed by atoms with Crippen LogP contribution in [-0.2, 0) is 20.0 Å². The lowest BCUT2D eigenvalue weighted by molar-refractivity contribution is 0.512. The summed E-state index contributed by atoms with van der Waals surface area (Å²) in [7, 11) is 1.90. The van der Waals surface area contributed by atoms with Gasteiger partial charge in [-0.2, -0.15) is 5.10 Å². The van der Waals surface area contributed by atoms with E-state index in [1.54, 1.807) is 10.9 Å². The molecular formula is C12H17N3O. The molecule has 0 bridgehead atoms. The number of hydrogen-bond donors (Lipinski definition) is 1. The number of aromatic nitrogens is 2. The molecule has 0 radical (unpaired) electrons. The molecule has 0 aliphatic carbocycles. The number of nitrogens with two attached hydrogens (primary N) is 1. The third kappa shape index (κ3) is 1.88. The molecule has 2 N–H and O–H groups in total. The molecule has 2 heterocycles. The minimum absolute atomic E-state index is 0.494. The number of nitrogens with zero attached hydrogens (tertiary/aromatic N) is 2. The Bertz CT molecular complexity index is 470. The van der Waals surface area contributed by atoms with Crippen LogP contribution in [0.4, 0.5) is 0 Å². The van der Waals surface area contributed by atoms with Crippen LogP contribution in [-0.4, -0.2) is 9.78 Å². The van der Waals surface area contributed by atoms with Crippen molar-refractivity contribution in [1.29, 1.82) is 0 Å². The second-order valence-corrected chi connectivity index (χ2v) is 3.86. The molecule has 86 valence electrons. The van der Waals surface area contributed by atoms with E-state index in [-0.39, 0.29) is 0 Å². The first-order chi connectivity index (χ1) is 7.76. The summed E-state index contributed by atoms with van der Waals surface area (Å²) in [5.74, 6) is 1.85. The quantitative estimate of drug-likeness (QED) is 0.856. The number of aryl methyl sites for hydroxylation is 2. The maximum Gasteiger partial charge on any atom is 0.156 e. The minimum Gasteiger partial charge on any atom is -0.459 e. The zero-order valence-corrected chi connectivity index (χ0v) is 9.73. The molecule has 0 atom stereocenters. The lowest BCUT2D eigenvalue weighted by atomic mass is 10.2. The molecule has 2 rings (SSSR count). The third-order valence-corrected chi connectivity index (χ3v) is 2.63. The molecular weight excluding hydrogens is 202 g/mol. The molecule has 0 amide bonds. The van der Waals surface area contributed by atoms with Gasteiger partial charge in [-0.15, -0.1) is 0 Å². The van der Waals surface area contributed by atoms with E-state index in [1.165, 1.54) is 0 Å². The largest absolute Gasteiger partial charge is 0.459 e. The third-order valence-electron chi connectivity index (χ3n) is 2.63. The van der Waals surface area contributed by atoms with Gasteiger partial charge in [0.25, 0.3) is 0 Å². The Kier molecular flexibility index (Phi) is 3.10. The predicted molar refractivity (Wildman–Crippen MR) is 62.8 cm³/mol. The van der Waals surface area contributed by atoms with Gasteiger partial charge in [0.05, 0.1) is 0 Å². The molecule has 0 saturated carbocycles. The van der Waals surface area contributed by atoms with Crippen molar-refractivity contribution >= 4 is 0 Å². The van der Waals surface area contributed by atoms with Gasteiger partial charge in [-0.3, -0.25) is 4.68 Å². The molecule has 4 heteroatoms. The van der Waals surface area contributed by atoms with E-state index in [4.69, 9.17) is 10.2 Å². The summed E-state index contributed by atoms with van der Waals surface area (Å²) < 4.78 is 7.63. The molecule has 0 fully saturated rings. The van der Waals surface area contributed by atoms with Gasteiger partial charge >= 0.3 is 0 Å². The summed E-state index contributed by atoms with van der Waals surface area (Å²) in [6, 6.07) is 3.99. The van der Waals surface area contributed by atoms with E-state index in [2.05, 4.69) is 12.0 Å². The highest BCUT2D eigenvalue weighted by Gasteiger charge is 2.14. The van der Waals surface area contributed by atoms with E-state index in [9.17, 15) is 0 Å². The van der Waals surface area contributed by atoms with E-state index in [0.717, 1.165) is 35.6 Å². The maximum absolute atomic E-state index is 5.83. The normalized spacial score (nSPS) is 10.9. The van der Waals surface area contributed by atoms with E-state index < -0.39 is 0 Å². The fourth-order valence-corrected chi connectivity index (χ4v) is 1.82. The van der Waals surface area contributed by atoms with Crippen molar-refractivity contribution in [3.63, 3.8) is 0 Å². The summed E-state index contributed by atoms with van der Waals surface area (Å²) in [5, 5.41) is 4.14. The molecule has 2 aromatic rings. The lowest BCUT2D eigenvalue weighted by Crippen LogP contribution is -1.99. The summed E-state index contributed by atoms with van der Waals surface area (Å²) >= 11 is 0. The summed E-state index contributed by atoms with van der Waals surface area (Å²) in [4.78, 5) is 0. The van der Waals surface area contributed by atoms with Gasteiger partial charge in [0.1, 0.15) is 11.5 Å². The van der Waals surface area contributed by atoms with Crippen molar-refractivity contribution in [3.05, 3.63) is 29.7 Å².